The molecule has 0 spiro atoms. The maximum Gasteiger partial charge on any atom is 0.0589 e. The zero-order valence-electron chi connectivity index (χ0n) is 9.99. The molecule has 0 aromatic carbocycles. The van der Waals surface area contributed by atoms with Gasteiger partial charge in [0.15, 0.2) is 0 Å². The van der Waals surface area contributed by atoms with Crippen LogP contribution in [0.3, 0.4) is 0 Å². The molecule has 1 heterocycles. The molecule has 1 saturated heterocycles. The molecular formula is C11H24N2O. The zero-order valence-corrected chi connectivity index (χ0v) is 9.99. The summed E-state index contributed by atoms with van der Waals surface area (Å²) in [7, 11) is 1.77. The molecule has 3 heteroatoms. The van der Waals surface area contributed by atoms with E-state index in [9.17, 15) is 0 Å². The lowest BCUT2D eigenvalue weighted by atomic mass is 10.1. The summed E-state index contributed by atoms with van der Waals surface area (Å²) < 4.78 is 5.11. The van der Waals surface area contributed by atoms with Gasteiger partial charge in [-0.2, -0.15) is 0 Å². The van der Waals surface area contributed by atoms with Gasteiger partial charge >= 0.3 is 0 Å². The molecule has 1 aliphatic heterocycles. The molecule has 0 aromatic rings. The van der Waals surface area contributed by atoms with E-state index in [1.165, 1.54) is 19.6 Å². The molecule has 0 unspecified atom stereocenters. The van der Waals surface area contributed by atoms with Crippen molar-refractivity contribution in [3.63, 3.8) is 0 Å². The molecule has 0 radical (unpaired) electrons. The second-order valence-corrected chi connectivity index (χ2v) is 4.47. The van der Waals surface area contributed by atoms with E-state index in [1.807, 2.05) is 0 Å². The minimum Gasteiger partial charge on any atom is -0.383 e. The molecule has 14 heavy (non-hydrogen) atoms. The number of piperazine rings is 1. The summed E-state index contributed by atoms with van der Waals surface area (Å²) in [6, 6.07) is 1.35. The van der Waals surface area contributed by atoms with Gasteiger partial charge in [0.1, 0.15) is 0 Å². The van der Waals surface area contributed by atoms with Crippen LogP contribution < -0.4 is 0 Å². The minimum absolute atomic E-state index is 0.668. The molecule has 1 rings (SSSR count). The standard InChI is InChI=1S/C11H24N2O/c1-10(2)13-6-5-12(7-8-14-4)11(3)9-13/h10-11H,5-9H2,1-4H3/t11-/m0/s1. The largest absolute Gasteiger partial charge is 0.383 e. The van der Waals surface area contributed by atoms with Gasteiger partial charge in [-0.1, -0.05) is 0 Å². The highest BCUT2D eigenvalue weighted by molar-refractivity contribution is 4.80. The first kappa shape index (κ1) is 12.0. The maximum atomic E-state index is 5.11. The summed E-state index contributed by atoms with van der Waals surface area (Å²) in [5.74, 6) is 0. The Balaban J connectivity index is 2.32. The van der Waals surface area contributed by atoms with Gasteiger partial charge in [0.05, 0.1) is 6.61 Å². The van der Waals surface area contributed by atoms with Crippen LogP contribution in [-0.2, 0) is 4.74 Å². The average Bonchev–Trinajstić information content (AvgIpc) is 2.15. The first-order valence-electron chi connectivity index (χ1n) is 5.62. The zero-order chi connectivity index (χ0) is 10.6. The first-order chi connectivity index (χ1) is 6.65. The highest BCUT2D eigenvalue weighted by atomic mass is 16.5. The fraction of sp³-hybridized carbons (Fsp3) is 1.00. The molecule has 0 bridgehead atoms. The third-order valence-electron chi connectivity index (χ3n) is 3.11. The van der Waals surface area contributed by atoms with Crippen LogP contribution in [0.25, 0.3) is 0 Å². The van der Waals surface area contributed by atoms with E-state index in [0.717, 1.165) is 13.2 Å². The van der Waals surface area contributed by atoms with Crippen molar-refractivity contribution in [1.29, 1.82) is 0 Å². The van der Waals surface area contributed by atoms with Crippen molar-refractivity contribution in [2.75, 3.05) is 39.9 Å². The molecule has 0 N–H and O–H groups in total. The highest BCUT2D eigenvalue weighted by Crippen LogP contribution is 2.11. The van der Waals surface area contributed by atoms with Crippen LogP contribution in [0.1, 0.15) is 20.8 Å². The lowest BCUT2D eigenvalue weighted by Gasteiger charge is -2.41. The minimum atomic E-state index is 0.668. The van der Waals surface area contributed by atoms with Crippen LogP contribution in [0.5, 0.6) is 0 Å². The Kier molecular flexibility index (Phi) is 4.85. The van der Waals surface area contributed by atoms with Gasteiger partial charge in [-0.25, -0.2) is 0 Å². The van der Waals surface area contributed by atoms with E-state index in [0.29, 0.717) is 12.1 Å². The van der Waals surface area contributed by atoms with Crippen molar-refractivity contribution < 1.29 is 4.74 Å². The van der Waals surface area contributed by atoms with Crippen LogP contribution in [0.15, 0.2) is 0 Å². The monoisotopic (exact) mass is 200 g/mol. The predicted molar refractivity (Wildman–Crippen MR) is 59.6 cm³/mol. The topological polar surface area (TPSA) is 15.7 Å². The van der Waals surface area contributed by atoms with Crippen LogP contribution in [0.2, 0.25) is 0 Å². The Morgan fingerprint density at radius 1 is 1.36 bits per heavy atom. The van der Waals surface area contributed by atoms with E-state index in [-0.39, 0.29) is 0 Å². The molecule has 0 aliphatic carbocycles. The summed E-state index contributed by atoms with van der Waals surface area (Å²) in [6.45, 7) is 12.4. The lowest BCUT2D eigenvalue weighted by Crippen LogP contribution is -2.54. The van der Waals surface area contributed by atoms with E-state index in [4.69, 9.17) is 4.74 Å². The second-order valence-electron chi connectivity index (χ2n) is 4.47. The molecule has 1 fully saturated rings. The van der Waals surface area contributed by atoms with Crippen molar-refractivity contribution in [3.05, 3.63) is 0 Å². The van der Waals surface area contributed by atoms with Crippen LogP contribution >= 0.6 is 0 Å². The quantitative estimate of drug-likeness (QED) is 0.674. The highest BCUT2D eigenvalue weighted by Gasteiger charge is 2.24. The second kappa shape index (κ2) is 5.69. The maximum absolute atomic E-state index is 5.11. The number of hydrogen-bond acceptors (Lipinski definition) is 3. The van der Waals surface area contributed by atoms with E-state index >= 15 is 0 Å². The fourth-order valence-electron chi connectivity index (χ4n) is 2.03. The van der Waals surface area contributed by atoms with Gasteiger partial charge in [0, 0.05) is 45.4 Å². The van der Waals surface area contributed by atoms with Crippen LogP contribution in [0, 0.1) is 0 Å². The Labute approximate surface area is 88.0 Å². The molecule has 84 valence electrons. The molecule has 1 aliphatic rings. The van der Waals surface area contributed by atoms with Gasteiger partial charge in [0.25, 0.3) is 0 Å². The number of nitrogens with zero attached hydrogens (tertiary/aromatic N) is 2. The molecule has 3 nitrogen and oxygen atoms in total. The summed E-state index contributed by atoms with van der Waals surface area (Å²) in [5, 5.41) is 0. The normalized spacial score (nSPS) is 25.9. The summed E-state index contributed by atoms with van der Waals surface area (Å²) in [6.07, 6.45) is 0. The van der Waals surface area contributed by atoms with Crippen molar-refractivity contribution in [3.8, 4) is 0 Å². The van der Waals surface area contributed by atoms with Crippen molar-refractivity contribution >= 4 is 0 Å². The smallest absolute Gasteiger partial charge is 0.0589 e. The number of rotatable bonds is 4. The Morgan fingerprint density at radius 2 is 2.07 bits per heavy atom. The molecule has 1 atom stereocenters. The van der Waals surface area contributed by atoms with Crippen molar-refractivity contribution in [2.45, 2.75) is 32.9 Å². The SMILES string of the molecule is COCCN1CCN(C(C)C)C[C@@H]1C. The van der Waals surface area contributed by atoms with E-state index in [2.05, 4.69) is 30.6 Å². The molecule has 0 aromatic heterocycles. The third-order valence-corrected chi connectivity index (χ3v) is 3.11. The van der Waals surface area contributed by atoms with Crippen molar-refractivity contribution in [1.82, 2.24) is 9.80 Å². The Morgan fingerprint density at radius 3 is 2.57 bits per heavy atom. The Bertz CT molecular complexity index is 161. The number of ether oxygens (including phenoxy) is 1. The van der Waals surface area contributed by atoms with Gasteiger partial charge in [0.2, 0.25) is 0 Å². The lowest BCUT2D eigenvalue weighted by molar-refractivity contribution is 0.0457. The first-order valence-corrected chi connectivity index (χ1v) is 5.62. The van der Waals surface area contributed by atoms with Crippen molar-refractivity contribution in [2.24, 2.45) is 0 Å². The van der Waals surface area contributed by atoms with Crippen LogP contribution in [-0.4, -0.2) is 61.8 Å². The molecule has 0 saturated carbocycles. The predicted octanol–water partition coefficient (Wildman–Crippen LogP) is 1.05. The van der Waals surface area contributed by atoms with Crippen LogP contribution in [0.4, 0.5) is 0 Å². The number of hydrogen-bond donors (Lipinski definition) is 0. The van der Waals surface area contributed by atoms with Gasteiger partial charge in [-0.3, -0.25) is 9.80 Å². The van der Waals surface area contributed by atoms with E-state index < -0.39 is 0 Å². The molecular weight excluding hydrogens is 176 g/mol. The van der Waals surface area contributed by atoms with Gasteiger partial charge in [-0.05, 0) is 20.8 Å². The molecule has 0 amide bonds. The summed E-state index contributed by atoms with van der Waals surface area (Å²) in [4.78, 5) is 5.07. The summed E-state index contributed by atoms with van der Waals surface area (Å²) >= 11 is 0. The number of methoxy groups -OCH3 is 1. The fourth-order valence-corrected chi connectivity index (χ4v) is 2.03. The third kappa shape index (κ3) is 3.23. The van der Waals surface area contributed by atoms with Gasteiger partial charge in [-0.15, -0.1) is 0 Å². The van der Waals surface area contributed by atoms with Gasteiger partial charge < -0.3 is 4.74 Å². The average molecular weight is 200 g/mol. The van der Waals surface area contributed by atoms with E-state index in [1.54, 1.807) is 7.11 Å². The Hall–Kier alpha value is -0.120. The summed E-state index contributed by atoms with van der Waals surface area (Å²) in [5.41, 5.74) is 0.